The number of ether oxygens (including phenoxy) is 2. The molecule has 0 saturated carbocycles. The summed E-state index contributed by atoms with van der Waals surface area (Å²) in [5, 5.41) is 0.103. The first-order valence-electron chi connectivity index (χ1n) is 9.77. The van der Waals surface area contributed by atoms with Gasteiger partial charge in [-0.15, -0.1) is 6.58 Å². The van der Waals surface area contributed by atoms with E-state index in [9.17, 15) is 4.79 Å². The zero-order valence-corrected chi connectivity index (χ0v) is 18.8. The summed E-state index contributed by atoms with van der Waals surface area (Å²) in [6.45, 7) is 15.6. The molecule has 1 aliphatic rings. The van der Waals surface area contributed by atoms with Gasteiger partial charge < -0.3 is 19.6 Å². The van der Waals surface area contributed by atoms with E-state index in [0.717, 1.165) is 0 Å². The molecule has 0 radical (unpaired) electrons. The molecule has 0 amide bonds. The van der Waals surface area contributed by atoms with Gasteiger partial charge in [0, 0.05) is 6.42 Å². The summed E-state index contributed by atoms with van der Waals surface area (Å²) >= 11 is 0. The van der Waals surface area contributed by atoms with Gasteiger partial charge in [-0.25, -0.2) is 4.98 Å². The van der Waals surface area contributed by atoms with Crippen LogP contribution in [0.2, 0.25) is 18.1 Å². The SMILES string of the molecule is C=CCO[C@@H]1C[C@H](n2cnc3c(=O)[nH]c(N)nc32)O[C@@H]1CO[Si](C)(C)C(C)(C)C. The van der Waals surface area contributed by atoms with Crippen LogP contribution in [-0.2, 0) is 13.9 Å². The van der Waals surface area contributed by atoms with E-state index in [2.05, 4.69) is 55.4 Å². The predicted molar refractivity (Wildman–Crippen MR) is 114 cm³/mol. The van der Waals surface area contributed by atoms with Crippen LogP contribution in [0.3, 0.4) is 0 Å². The minimum atomic E-state index is -1.93. The van der Waals surface area contributed by atoms with E-state index in [1.165, 1.54) is 0 Å². The summed E-state index contributed by atoms with van der Waals surface area (Å²) in [7, 11) is -1.93. The molecule has 2 aromatic rings. The monoisotopic (exact) mass is 421 g/mol. The van der Waals surface area contributed by atoms with E-state index in [-0.39, 0.29) is 40.5 Å². The maximum absolute atomic E-state index is 12.1. The van der Waals surface area contributed by atoms with Crippen molar-refractivity contribution in [1.29, 1.82) is 0 Å². The minimum absolute atomic E-state index is 0.0412. The number of hydrogen-bond donors (Lipinski definition) is 2. The molecule has 3 atom stereocenters. The van der Waals surface area contributed by atoms with Crippen LogP contribution in [0.5, 0.6) is 0 Å². The Bertz CT molecular complexity index is 933. The number of nitrogens with two attached hydrogens (primary N) is 1. The smallest absolute Gasteiger partial charge is 0.280 e. The first-order valence-corrected chi connectivity index (χ1v) is 12.7. The molecule has 160 valence electrons. The van der Waals surface area contributed by atoms with Crippen molar-refractivity contribution in [3.8, 4) is 0 Å². The van der Waals surface area contributed by atoms with Gasteiger partial charge in [0.1, 0.15) is 12.3 Å². The van der Waals surface area contributed by atoms with Crippen LogP contribution in [0, 0.1) is 0 Å². The number of nitrogens with zero attached hydrogens (tertiary/aromatic N) is 3. The molecule has 3 rings (SSSR count). The Hall–Kier alpha value is -2.01. The van der Waals surface area contributed by atoms with Crippen LogP contribution in [0.1, 0.15) is 33.4 Å². The third-order valence-corrected chi connectivity index (χ3v) is 10.3. The summed E-state index contributed by atoms with van der Waals surface area (Å²) < 4.78 is 20.3. The lowest BCUT2D eigenvalue weighted by Gasteiger charge is -2.37. The van der Waals surface area contributed by atoms with E-state index in [1.54, 1.807) is 17.0 Å². The standard InChI is InChI=1S/C19H31N5O4Si/c1-7-8-26-12-9-14(28-13(12)10-27-29(5,6)19(2,3)4)24-11-21-15-16(24)22-18(20)23-17(15)25/h7,11-14H,1,8-10H2,2-6H3,(H3,20,22,23,25)/t12-,13-,14-/m1/s1. The second kappa shape index (κ2) is 8.02. The first-order chi connectivity index (χ1) is 13.5. The number of nitrogens with one attached hydrogen (secondary N) is 1. The quantitative estimate of drug-likeness (QED) is 0.521. The van der Waals surface area contributed by atoms with Crippen molar-refractivity contribution >= 4 is 25.4 Å². The molecule has 0 bridgehead atoms. The molecule has 0 aromatic carbocycles. The van der Waals surface area contributed by atoms with Gasteiger partial charge in [-0.2, -0.15) is 4.98 Å². The molecular weight excluding hydrogens is 390 g/mol. The fraction of sp³-hybridized carbons (Fsp3) is 0.632. The van der Waals surface area contributed by atoms with Crippen molar-refractivity contribution in [2.45, 2.75) is 63.8 Å². The fourth-order valence-electron chi connectivity index (χ4n) is 3.05. The van der Waals surface area contributed by atoms with Crippen LogP contribution in [0.25, 0.3) is 11.2 Å². The molecule has 29 heavy (non-hydrogen) atoms. The highest BCUT2D eigenvalue weighted by atomic mass is 28.4. The molecule has 10 heteroatoms. The van der Waals surface area contributed by atoms with Gasteiger partial charge in [-0.05, 0) is 18.1 Å². The van der Waals surface area contributed by atoms with Crippen molar-refractivity contribution < 1.29 is 13.9 Å². The molecule has 1 aliphatic heterocycles. The first kappa shape index (κ1) is 21.7. The van der Waals surface area contributed by atoms with Crippen molar-refractivity contribution in [2.75, 3.05) is 18.9 Å². The van der Waals surface area contributed by atoms with E-state index >= 15 is 0 Å². The summed E-state index contributed by atoms with van der Waals surface area (Å²) in [6, 6.07) is 0. The highest BCUT2D eigenvalue weighted by Crippen LogP contribution is 2.38. The van der Waals surface area contributed by atoms with E-state index in [4.69, 9.17) is 19.6 Å². The second-order valence-corrected chi connectivity index (χ2v) is 13.7. The number of aromatic nitrogens is 4. The third-order valence-electron chi connectivity index (χ3n) is 5.78. The Morgan fingerprint density at radius 3 is 2.86 bits per heavy atom. The Balaban J connectivity index is 1.82. The maximum Gasteiger partial charge on any atom is 0.280 e. The molecule has 0 unspecified atom stereocenters. The lowest BCUT2D eigenvalue weighted by molar-refractivity contribution is -0.0536. The zero-order valence-electron chi connectivity index (χ0n) is 17.8. The van der Waals surface area contributed by atoms with Gasteiger partial charge in [-0.1, -0.05) is 26.8 Å². The maximum atomic E-state index is 12.1. The molecule has 0 spiro atoms. The lowest BCUT2D eigenvalue weighted by atomic mass is 10.2. The predicted octanol–water partition coefficient (Wildman–Crippen LogP) is 2.58. The lowest BCUT2D eigenvalue weighted by Crippen LogP contribution is -2.44. The Kier molecular flexibility index (Phi) is 6.00. The van der Waals surface area contributed by atoms with Gasteiger partial charge in [0.15, 0.2) is 19.5 Å². The normalized spacial score (nSPS) is 23.0. The van der Waals surface area contributed by atoms with Gasteiger partial charge >= 0.3 is 0 Å². The van der Waals surface area contributed by atoms with Crippen LogP contribution >= 0.6 is 0 Å². The molecule has 0 aliphatic carbocycles. The van der Waals surface area contributed by atoms with Crippen LogP contribution in [0.15, 0.2) is 23.8 Å². The minimum Gasteiger partial charge on any atom is -0.414 e. The highest BCUT2D eigenvalue weighted by molar-refractivity contribution is 6.74. The van der Waals surface area contributed by atoms with Crippen molar-refractivity contribution in [2.24, 2.45) is 0 Å². The molecule has 2 aromatic heterocycles. The molecule has 1 saturated heterocycles. The number of H-pyrrole nitrogens is 1. The van der Waals surface area contributed by atoms with Crippen molar-refractivity contribution in [1.82, 2.24) is 19.5 Å². The number of anilines is 1. The summed E-state index contributed by atoms with van der Waals surface area (Å²) in [4.78, 5) is 22.9. The second-order valence-electron chi connectivity index (χ2n) is 8.87. The zero-order chi connectivity index (χ0) is 21.4. The average Bonchev–Trinajstić information content (AvgIpc) is 3.21. The fourth-order valence-corrected chi connectivity index (χ4v) is 4.06. The number of imidazole rings is 1. The van der Waals surface area contributed by atoms with Crippen LogP contribution in [0.4, 0.5) is 5.95 Å². The summed E-state index contributed by atoms with van der Waals surface area (Å²) in [5.74, 6) is 0.0412. The van der Waals surface area contributed by atoms with Gasteiger partial charge in [0.2, 0.25) is 5.95 Å². The molecular formula is C19H31N5O4Si. The molecule has 1 fully saturated rings. The molecule has 9 nitrogen and oxygen atoms in total. The summed E-state index contributed by atoms with van der Waals surface area (Å²) in [5.41, 5.74) is 5.96. The van der Waals surface area contributed by atoms with Crippen LogP contribution in [-0.4, -0.2) is 53.3 Å². The van der Waals surface area contributed by atoms with Crippen molar-refractivity contribution in [3.63, 3.8) is 0 Å². The Labute approximate surface area is 171 Å². The van der Waals surface area contributed by atoms with Gasteiger partial charge in [-0.3, -0.25) is 14.3 Å². The van der Waals surface area contributed by atoms with E-state index in [1.807, 2.05) is 0 Å². The average molecular weight is 422 g/mol. The van der Waals surface area contributed by atoms with E-state index in [0.29, 0.717) is 25.3 Å². The third kappa shape index (κ3) is 4.45. The Morgan fingerprint density at radius 2 is 2.21 bits per heavy atom. The largest absolute Gasteiger partial charge is 0.414 e. The summed E-state index contributed by atoms with van der Waals surface area (Å²) in [6.07, 6.45) is 3.06. The Morgan fingerprint density at radius 1 is 1.48 bits per heavy atom. The number of aromatic amines is 1. The number of nitrogen functional groups attached to an aromatic ring is 1. The van der Waals surface area contributed by atoms with Crippen molar-refractivity contribution in [3.05, 3.63) is 29.3 Å². The van der Waals surface area contributed by atoms with Crippen LogP contribution < -0.4 is 11.3 Å². The topological polar surface area (TPSA) is 117 Å². The molecule has 3 N–H and O–H groups in total. The van der Waals surface area contributed by atoms with E-state index < -0.39 is 8.32 Å². The number of hydrogen-bond acceptors (Lipinski definition) is 7. The highest BCUT2D eigenvalue weighted by Gasteiger charge is 2.42. The molecule has 3 heterocycles. The van der Waals surface area contributed by atoms with Gasteiger partial charge in [0.05, 0.1) is 25.6 Å². The number of rotatable bonds is 7. The van der Waals surface area contributed by atoms with Gasteiger partial charge in [0.25, 0.3) is 5.56 Å². The number of fused-ring (bicyclic) bond motifs is 1.